The van der Waals surface area contributed by atoms with Gasteiger partial charge in [0.15, 0.2) is 6.10 Å². The van der Waals surface area contributed by atoms with Gasteiger partial charge in [0, 0.05) is 11.6 Å². The Bertz CT molecular complexity index is 390. The van der Waals surface area contributed by atoms with Crippen LogP contribution in [-0.2, 0) is 0 Å². The SMILES string of the molecule is O[C@H](c1ccc(OC(F)F)cc1F)C(F)(F)F. The van der Waals surface area contributed by atoms with Crippen molar-refractivity contribution in [2.24, 2.45) is 0 Å². The highest BCUT2D eigenvalue weighted by Crippen LogP contribution is 2.34. The van der Waals surface area contributed by atoms with E-state index in [1.54, 1.807) is 0 Å². The normalized spacial score (nSPS) is 13.9. The van der Waals surface area contributed by atoms with Gasteiger partial charge in [-0.2, -0.15) is 22.0 Å². The fourth-order valence-electron chi connectivity index (χ4n) is 1.08. The maximum Gasteiger partial charge on any atom is 0.418 e. The minimum absolute atomic E-state index is 0.344. The average molecular weight is 260 g/mol. The van der Waals surface area contributed by atoms with E-state index in [4.69, 9.17) is 5.11 Å². The Kier molecular flexibility index (Phi) is 3.87. The van der Waals surface area contributed by atoms with Crippen molar-refractivity contribution >= 4 is 0 Å². The average Bonchev–Trinajstić information content (AvgIpc) is 2.14. The Morgan fingerprint density at radius 2 is 1.76 bits per heavy atom. The lowest BCUT2D eigenvalue weighted by atomic mass is 10.1. The third-order valence-electron chi connectivity index (χ3n) is 1.80. The van der Waals surface area contributed by atoms with E-state index in [1.807, 2.05) is 0 Å². The lowest BCUT2D eigenvalue weighted by molar-refractivity contribution is -0.207. The van der Waals surface area contributed by atoms with Crippen LogP contribution in [0.5, 0.6) is 5.75 Å². The van der Waals surface area contributed by atoms with Gasteiger partial charge in [0.1, 0.15) is 11.6 Å². The molecule has 0 bridgehead atoms. The van der Waals surface area contributed by atoms with Crippen molar-refractivity contribution in [2.75, 3.05) is 0 Å². The topological polar surface area (TPSA) is 29.5 Å². The van der Waals surface area contributed by atoms with E-state index in [2.05, 4.69) is 4.74 Å². The van der Waals surface area contributed by atoms with E-state index in [0.717, 1.165) is 0 Å². The highest BCUT2D eigenvalue weighted by Gasteiger charge is 2.40. The van der Waals surface area contributed by atoms with Crippen molar-refractivity contribution in [3.05, 3.63) is 29.6 Å². The van der Waals surface area contributed by atoms with Crippen molar-refractivity contribution in [1.82, 2.24) is 0 Å². The van der Waals surface area contributed by atoms with Gasteiger partial charge in [-0.1, -0.05) is 0 Å². The van der Waals surface area contributed by atoms with E-state index in [1.165, 1.54) is 0 Å². The van der Waals surface area contributed by atoms with Crippen LogP contribution in [0.15, 0.2) is 18.2 Å². The number of halogens is 6. The van der Waals surface area contributed by atoms with Crippen molar-refractivity contribution in [3.8, 4) is 5.75 Å². The number of aliphatic hydroxyl groups is 1. The molecule has 1 atom stereocenters. The molecule has 0 aliphatic rings. The van der Waals surface area contributed by atoms with Gasteiger partial charge in [0.25, 0.3) is 0 Å². The monoisotopic (exact) mass is 260 g/mol. The predicted molar refractivity (Wildman–Crippen MR) is 44.0 cm³/mol. The molecule has 0 aliphatic heterocycles. The van der Waals surface area contributed by atoms with Crippen molar-refractivity contribution in [3.63, 3.8) is 0 Å². The molecule has 96 valence electrons. The minimum atomic E-state index is -5.04. The van der Waals surface area contributed by atoms with E-state index < -0.39 is 36.0 Å². The molecule has 1 rings (SSSR count). The second-order valence-corrected chi connectivity index (χ2v) is 3.01. The van der Waals surface area contributed by atoms with Gasteiger partial charge in [-0.15, -0.1) is 0 Å². The van der Waals surface area contributed by atoms with Crippen LogP contribution < -0.4 is 4.74 Å². The Labute approximate surface area is 91.4 Å². The first-order valence-corrected chi connectivity index (χ1v) is 4.21. The molecule has 0 aliphatic carbocycles. The van der Waals surface area contributed by atoms with E-state index in [9.17, 15) is 26.3 Å². The summed E-state index contributed by atoms with van der Waals surface area (Å²) in [5, 5.41) is 8.76. The van der Waals surface area contributed by atoms with Crippen LogP contribution in [-0.4, -0.2) is 17.9 Å². The number of aliphatic hydroxyl groups excluding tert-OH is 1. The minimum Gasteiger partial charge on any atom is -0.435 e. The van der Waals surface area contributed by atoms with Gasteiger partial charge in [-0.05, 0) is 12.1 Å². The molecule has 0 heterocycles. The standard InChI is InChI=1S/C9H6F6O2/c10-6-3-4(17-8(11)12)1-2-5(6)7(16)9(13,14)15/h1-3,7-8,16H/t7-/m1/s1. The molecule has 8 heteroatoms. The number of alkyl halides is 5. The zero-order chi connectivity index (χ0) is 13.2. The number of ether oxygens (including phenoxy) is 1. The first-order chi connectivity index (χ1) is 7.71. The second kappa shape index (κ2) is 4.82. The van der Waals surface area contributed by atoms with Gasteiger partial charge < -0.3 is 9.84 Å². The molecule has 17 heavy (non-hydrogen) atoms. The molecule has 0 fully saturated rings. The Hall–Kier alpha value is -1.44. The number of hydrogen-bond acceptors (Lipinski definition) is 2. The molecular formula is C9H6F6O2. The maximum absolute atomic E-state index is 13.1. The predicted octanol–water partition coefficient (Wildman–Crippen LogP) is 3.02. The van der Waals surface area contributed by atoms with E-state index in [-0.39, 0.29) is 0 Å². The van der Waals surface area contributed by atoms with Crippen LogP contribution in [0.3, 0.4) is 0 Å². The van der Waals surface area contributed by atoms with Gasteiger partial charge in [0.05, 0.1) is 0 Å². The Balaban J connectivity index is 2.98. The fraction of sp³-hybridized carbons (Fsp3) is 0.333. The third kappa shape index (κ3) is 3.52. The number of hydrogen-bond donors (Lipinski definition) is 1. The van der Waals surface area contributed by atoms with Crippen LogP contribution in [0.4, 0.5) is 26.3 Å². The molecule has 0 aromatic heterocycles. The summed E-state index contributed by atoms with van der Waals surface area (Å²) in [6.45, 7) is -3.22. The summed E-state index contributed by atoms with van der Waals surface area (Å²) >= 11 is 0. The van der Waals surface area contributed by atoms with Crippen molar-refractivity contribution in [2.45, 2.75) is 18.9 Å². The first kappa shape index (κ1) is 13.6. The molecule has 2 nitrogen and oxygen atoms in total. The second-order valence-electron chi connectivity index (χ2n) is 3.01. The highest BCUT2D eigenvalue weighted by atomic mass is 19.4. The zero-order valence-electron chi connectivity index (χ0n) is 8.01. The quantitative estimate of drug-likeness (QED) is 0.846. The molecule has 0 radical (unpaired) electrons. The highest BCUT2D eigenvalue weighted by molar-refractivity contribution is 5.30. The molecule has 0 amide bonds. The first-order valence-electron chi connectivity index (χ1n) is 4.21. The van der Waals surface area contributed by atoms with Crippen molar-refractivity contribution in [1.29, 1.82) is 0 Å². The molecule has 1 aromatic rings. The summed E-state index contributed by atoms with van der Waals surface area (Å²) in [7, 11) is 0. The molecule has 0 saturated carbocycles. The van der Waals surface area contributed by atoms with Gasteiger partial charge in [0.2, 0.25) is 0 Å². The van der Waals surface area contributed by atoms with E-state index in [0.29, 0.717) is 18.2 Å². The van der Waals surface area contributed by atoms with Crippen LogP contribution in [0.1, 0.15) is 11.7 Å². The lowest BCUT2D eigenvalue weighted by Crippen LogP contribution is -2.21. The summed E-state index contributed by atoms with van der Waals surface area (Å²) in [6.07, 6.45) is -8.05. The molecule has 0 unspecified atom stereocenters. The Morgan fingerprint density at radius 3 is 2.18 bits per heavy atom. The molecule has 0 spiro atoms. The molecule has 1 N–H and O–H groups in total. The third-order valence-corrected chi connectivity index (χ3v) is 1.80. The summed E-state index contributed by atoms with van der Waals surface area (Å²) in [5.41, 5.74) is -1.06. The smallest absolute Gasteiger partial charge is 0.418 e. The molecule has 0 saturated heterocycles. The fourth-order valence-corrected chi connectivity index (χ4v) is 1.08. The van der Waals surface area contributed by atoms with Gasteiger partial charge >= 0.3 is 12.8 Å². The summed E-state index contributed by atoms with van der Waals surface area (Å²) in [5.74, 6) is -2.11. The summed E-state index contributed by atoms with van der Waals surface area (Å²) in [6, 6.07) is 1.58. The van der Waals surface area contributed by atoms with Gasteiger partial charge in [-0.3, -0.25) is 0 Å². The van der Waals surface area contributed by atoms with Gasteiger partial charge in [-0.25, -0.2) is 4.39 Å². The molecule has 1 aromatic carbocycles. The van der Waals surface area contributed by atoms with Crippen LogP contribution >= 0.6 is 0 Å². The lowest BCUT2D eigenvalue weighted by Gasteiger charge is -2.16. The largest absolute Gasteiger partial charge is 0.435 e. The van der Waals surface area contributed by atoms with Crippen molar-refractivity contribution < 1.29 is 36.2 Å². The summed E-state index contributed by atoms with van der Waals surface area (Å²) < 4.78 is 76.5. The van der Waals surface area contributed by atoms with Crippen LogP contribution in [0.2, 0.25) is 0 Å². The Morgan fingerprint density at radius 1 is 1.18 bits per heavy atom. The van der Waals surface area contributed by atoms with E-state index >= 15 is 0 Å². The molecular weight excluding hydrogens is 254 g/mol. The number of rotatable bonds is 3. The van der Waals surface area contributed by atoms with Crippen LogP contribution in [0.25, 0.3) is 0 Å². The zero-order valence-corrected chi connectivity index (χ0v) is 8.01. The number of benzene rings is 1. The summed E-state index contributed by atoms with van der Waals surface area (Å²) in [4.78, 5) is 0. The van der Waals surface area contributed by atoms with Crippen LogP contribution in [0, 0.1) is 5.82 Å². The maximum atomic E-state index is 13.1.